The van der Waals surface area contributed by atoms with Crippen molar-refractivity contribution in [3.8, 4) is 0 Å². The molecule has 6 heteroatoms. The molecule has 98 valence electrons. The number of hydrogen-bond acceptors (Lipinski definition) is 4. The van der Waals surface area contributed by atoms with E-state index in [4.69, 9.17) is 0 Å². The van der Waals surface area contributed by atoms with Crippen LogP contribution in [0.5, 0.6) is 0 Å². The number of anilines is 1. The smallest absolute Gasteiger partial charge is 0.252 e. The lowest BCUT2D eigenvalue weighted by atomic mass is 10.1. The first-order valence-corrected chi connectivity index (χ1v) is 5.69. The second-order valence-corrected chi connectivity index (χ2v) is 4.02. The van der Waals surface area contributed by atoms with E-state index in [0.717, 1.165) is 0 Å². The summed E-state index contributed by atoms with van der Waals surface area (Å²) < 4.78 is 13.5. The minimum atomic E-state index is -0.351. The summed E-state index contributed by atoms with van der Waals surface area (Å²) in [4.78, 5) is 17.8. The van der Waals surface area contributed by atoms with Crippen LogP contribution in [0.15, 0.2) is 40.2 Å². The maximum Gasteiger partial charge on any atom is 0.252 e. The lowest BCUT2D eigenvalue weighted by Crippen LogP contribution is -2.11. The maximum absolute atomic E-state index is 13.5. The van der Waals surface area contributed by atoms with Crippen LogP contribution in [0.25, 0.3) is 0 Å². The van der Waals surface area contributed by atoms with Crippen molar-refractivity contribution in [1.29, 1.82) is 0 Å². The van der Waals surface area contributed by atoms with E-state index < -0.39 is 0 Å². The zero-order chi connectivity index (χ0) is 13.8. The molecule has 0 radical (unpaired) electrons. The number of benzene rings is 1. The highest BCUT2D eigenvalue weighted by Gasteiger charge is 2.04. The summed E-state index contributed by atoms with van der Waals surface area (Å²) in [6.07, 6.45) is 0. The first-order chi connectivity index (χ1) is 9.06. The number of aryl methyl sites for hydroxylation is 1. The molecule has 5 nitrogen and oxygen atoms in total. The van der Waals surface area contributed by atoms with E-state index in [1.54, 1.807) is 32.0 Å². The molecule has 0 aliphatic heterocycles. The molecule has 0 aliphatic carbocycles. The van der Waals surface area contributed by atoms with Gasteiger partial charge in [0.25, 0.3) is 5.56 Å². The lowest BCUT2D eigenvalue weighted by Gasteiger charge is -2.04. The summed E-state index contributed by atoms with van der Waals surface area (Å²) >= 11 is 0. The third-order valence-electron chi connectivity index (χ3n) is 2.46. The van der Waals surface area contributed by atoms with Gasteiger partial charge in [-0.05, 0) is 19.9 Å². The molecular weight excluding hydrogens is 247 g/mol. The number of nitrogens with zero attached hydrogens (tertiary/aromatic N) is 2. The fourth-order valence-corrected chi connectivity index (χ4v) is 1.58. The Kier molecular flexibility index (Phi) is 3.70. The van der Waals surface area contributed by atoms with Crippen LogP contribution in [0, 0.1) is 12.7 Å². The number of H-pyrrole nitrogens is 1. The molecule has 0 saturated carbocycles. The zero-order valence-electron chi connectivity index (χ0n) is 10.6. The minimum Gasteiger partial charge on any atom is -0.291 e. The van der Waals surface area contributed by atoms with Crippen LogP contribution in [0.3, 0.4) is 0 Å². The van der Waals surface area contributed by atoms with E-state index in [1.165, 1.54) is 12.1 Å². The summed E-state index contributed by atoms with van der Waals surface area (Å²) in [6, 6.07) is 7.70. The van der Waals surface area contributed by atoms with Crippen molar-refractivity contribution in [2.75, 3.05) is 5.43 Å². The molecule has 2 rings (SSSR count). The summed E-state index contributed by atoms with van der Waals surface area (Å²) in [5.74, 6) is -0.128. The number of aromatic nitrogens is 2. The SMILES string of the molecule is C/C(=N\Nc1nc(C)cc(=O)[nH]1)c1ccccc1F. The molecule has 2 aromatic rings. The first-order valence-electron chi connectivity index (χ1n) is 5.69. The number of hydrogen-bond donors (Lipinski definition) is 2. The van der Waals surface area contributed by atoms with Crippen molar-refractivity contribution in [1.82, 2.24) is 9.97 Å². The fraction of sp³-hybridized carbons (Fsp3) is 0.154. The van der Waals surface area contributed by atoms with E-state index in [1.807, 2.05) is 0 Å². The van der Waals surface area contributed by atoms with Gasteiger partial charge in [-0.2, -0.15) is 5.10 Å². The van der Waals surface area contributed by atoms with Gasteiger partial charge >= 0.3 is 0 Å². The fourth-order valence-electron chi connectivity index (χ4n) is 1.58. The van der Waals surface area contributed by atoms with Crippen LogP contribution < -0.4 is 11.0 Å². The molecule has 19 heavy (non-hydrogen) atoms. The van der Waals surface area contributed by atoms with Crippen LogP contribution >= 0.6 is 0 Å². The van der Waals surface area contributed by atoms with Gasteiger partial charge < -0.3 is 0 Å². The summed E-state index contributed by atoms with van der Waals surface area (Å²) in [6.45, 7) is 3.37. The molecule has 0 bridgehead atoms. The molecule has 2 N–H and O–H groups in total. The van der Waals surface area contributed by atoms with Gasteiger partial charge in [-0.1, -0.05) is 18.2 Å². The van der Waals surface area contributed by atoms with Crippen molar-refractivity contribution in [2.24, 2.45) is 5.10 Å². The van der Waals surface area contributed by atoms with Crippen LogP contribution in [-0.2, 0) is 0 Å². The topological polar surface area (TPSA) is 70.1 Å². The van der Waals surface area contributed by atoms with Crippen LogP contribution in [-0.4, -0.2) is 15.7 Å². The number of hydrazone groups is 1. The largest absolute Gasteiger partial charge is 0.291 e. The number of halogens is 1. The van der Waals surface area contributed by atoms with Crippen LogP contribution in [0.1, 0.15) is 18.2 Å². The predicted octanol–water partition coefficient (Wildman–Crippen LogP) is 2.05. The Morgan fingerprint density at radius 3 is 2.84 bits per heavy atom. The van der Waals surface area contributed by atoms with Crippen LogP contribution in [0.2, 0.25) is 0 Å². The third-order valence-corrected chi connectivity index (χ3v) is 2.46. The molecule has 1 aromatic carbocycles. The molecule has 1 heterocycles. The van der Waals surface area contributed by atoms with E-state index in [9.17, 15) is 9.18 Å². The monoisotopic (exact) mass is 260 g/mol. The second-order valence-electron chi connectivity index (χ2n) is 4.02. The van der Waals surface area contributed by atoms with Gasteiger partial charge in [-0.3, -0.25) is 9.78 Å². The molecule has 0 aliphatic rings. The van der Waals surface area contributed by atoms with E-state index in [-0.39, 0.29) is 17.3 Å². The maximum atomic E-state index is 13.5. The molecule has 0 atom stereocenters. The van der Waals surface area contributed by atoms with Gasteiger partial charge in [0.15, 0.2) is 0 Å². The van der Waals surface area contributed by atoms with Crippen molar-refractivity contribution in [2.45, 2.75) is 13.8 Å². The van der Waals surface area contributed by atoms with Crippen molar-refractivity contribution in [3.63, 3.8) is 0 Å². The van der Waals surface area contributed by atoms with Crippen molar-refractivity contribution >= 4 is 11.7 Å². The molecule has 0 fully saturated rings. The molecular formula is C13H13FN4O. The standard InChI is InChI=1S/C13H13FN4O/c1-8-7-12(19)16-13(15-8)18-17-9(2)10-5-3-4-6-11(10)14/h3-7H,1-2H3,(H2,15,16,18,19)/b17-9+. The highest BCUT2D eigenvalue weighted by atomic mass is 19.1. The molecule has 0 amide bonds. The first kappa shape index (κ1) is 12.9. The summed E-state index contributed by atoms with van der Waals surface area (Å²) in [5, 5.41) is 4.00. The van der Waals surface area contributed by atoms with Gasteiger partial charge in [0, 0.05) is 17.3 Å². The molecule has 0 saturated heterocycles. The van der Waals surface area contributed by atoms with Crippen LogP contribution in [0.4, 0.5) is 10.3 Å². The second kappa shape index (κ2) is 5.43. The summed E-state index contributed by atoms with van der Waals surface area (Å²) in [7, 11) is 0. The quantitative estimate of drug-likeness (QED) is 0.655. The molecule has 1 aromatic heterocycles. The summed E-state index contributed by atoms with van der Waals surface area (Å²) in [5.41, 5.74) is 3.76. The molecule has 0 unspecified atom stereocenters. The Hall–Kier alpha value is -2.50. The van der Waals surface area contributed by atoms with E-state index in [2.05, 4.69) is 20.5 Å². The highest BCUT2D eigenvalue weighted by molar-refractivity contribution is 5.99. The van der Waals surface area contributed by atoms with Crippen molar-refractivity contribution < 1.29 is 4.39 Å². The highest BCUT2D eigenvalue weighted by Crippen LogP contribution is 2.08. The Labute approximate surface area is 109 Å². The van der Waals surface area contributed by atoms with E-state index in [0.29, 0.717) is 17.0 Å². The Morgan fingerprint density at radius 2 is 2.16 bits per heavy atom. The Morgan fingerprint density at radius 1 is 1.42 bits per heavy atom. The van der Waals surface area contributed by atoms with E-state index >= 15 is 0 Å². The number of nitrogens with one attached hydrogen (secondary N) is 2. The normalized spacial score (nSPS) is 11.4. The van der Waals surface area contributed by atoms with Gasteiger partial charge in [0.1, 0.15) is 5.82 Å². The van der Waals surface area contributed by atoms with Gasteiger partial charge in [0.2, 0.25) is 5.95 Å². The zero-order valence-corrected chi connectivity index (χ0v) is 10.6. The Balaban J connectivity index is 2.23. The minimum absolute atomic E-state index is 0.223. The third kappa shape index (κ3) is 3.25. The average molecular weight is 260 g/mol. The lowest BCUT2D eigenvalue weighted by molar-refractivity contribution is 0.625. The number of rotatable bonds is 3. The molecule has 0 spiro atoms. The Bertz CT molecular complexity index is 678. The average Bonchev–Trinajstić information content (AvgIpc) is 2.35. The van der Waals surface area contributed by atoms with Gasteiger partial charge in [-0.25, -0.2) is 14.8 Å². The predicted molar refractivity (Wildman–Crippen MR) is 71.8 cm³/mol. The van der Waals surface area contributed by atoms with Gasteiger partial charge in [-0.15, -0.1) is 0 Å². The van der Waals surface area contributed by atoms with Gasteiger partial charge in [0.05, 0.1) is 5.71 Å². The number of aromatic amines is 1. The van der Waals surface area contributed by atoms with Crippen molar-refractivity contribution in [3.05, 3.63) is 57.8 Å².